The second kappa shape index (κ2) is 4.32. The largest absolute Gasteiger partial charge is 0.392 e. The summed E-state index contributed by atoms with van der Waals surface area (Å²) in [5.74, 6) is 0. The molecule has 0 bridgehead atoms. The van der Waals surface area contributed by atoms with Crippen molar-refractivity contribution in [3.63, 3.8) is 0 Å². The van der Waals surface area contributed by atoms with Crippen molar-refractivity contribution in [2.24, 2.45) is 0 Å². The zero-order valence-electron chi connectivity index (χ0n) is 8.77. The van der Waals surface area contributed by atoms with Gasteiger partial charge in [-0.3, -0.25) is 0 Å². The zero-order chi connectivity index (χ0) is 10.7. The van der Waals surface area contributed by atoms with E-state index in [1.54, 1.807) is 6.92 Å². The molecule has 0 radical (unpaired) electrons. The molecule has 0 spiro atoms. The first-order valence-corrected chi connectivity index (χ1v) is 5.17. The molecule has 0 aliphatic heterocycles. The molecule has 78 valence electrons. The van der Waals surface area contributed by atoms with E-state index in [-0.39, 0.29) is 6.10 Å². The maximum Gasteiger partial charge on any atom is 0.0684 e. The molecule has 2 aromatic carbocycles. The fourth-order valence-corrected chi connectivity index (χ4v) is 1.64. The standard InChI is InChI=1S/C13H15NO/c1-10(15)9-14-13-8-4-6-11-5-2-3-7-12(11)13/h2-8,10,14-15H,9H2,1H3/t10-/m0/s1. The molecule has 0 aliphatic carbocycles. The number of hydrogen-bond donors (Lipinski definition) is 2. The third kappa shape index (κ3) is 2.28. The fourth-order valence-electron chi connectivity index (χ4n) is 1.64. The van der Waals surface area contributed by atoms with Crippen molar-refractivity contribution in [1.29, 1.82) is 0 Å². The quantitative estimate of drug-likeness (QED) is 0.800. The van der Waals surface area contributed by atoms with Crippen LogP contribution in [0.2, 0.25) is 0 Å². The summed E-state index contributed by atoms with van der Waals surface area (Å²) in [4.78, 5) is 0. The molecule has 0 aromatic heterocycles. The van der Waals surface area contributed by atoms with Gasteiger partial charge in [-0.25, -0.2) is 0 Å². The topological polar surface area (TPSA) is 32.3 Å². The molecule has 0 unspecified atom stereocenters. The minimum Gasteiger partial charge on any atom is -0.392 e. The fraction of sp³-hybridized carbons (Fsp3) is 0.231. The third-order valence-electron chi connectivity index (χ3n) is 2.38. The van der Waals surface area contributed by atoms with Gasteiger partial charge in [0.15, 0.2) is 0 Å². The maximum atomic E-state index is 9.22. The van der Waals surface area contributed by atoms with Crippen molar-refractivity contribution in [3.8, 4) is 0 Å². The molecule has 0 heterocycles. The van der Waals surface area contributed by atoms with E-state index in [0.29, 0.717) is 6.54 Å². The van der Waals surface area contributed by atoms with Crippen molar-refractivity contribution in [2.45, 2.75) is 13.0 Å². The van der Waals surface area contributed by atoms with Gasteiger partial charge in [-0.2, -0.15) is 0 Å². The molecule has 2 nitrogen and oxygen atoms in total. The van der Waals surface area contributed by atoms with Gasteiger partial charge in [0.2, 0.25) is 0 Å². The summed E-state index contributed by atoms with van der Waals surface area (Å²) in [6.07, 6.45) is -0.330. The second-order valence-corrected chi connectivity index (χ2v) is 3.76. The summed E-state index contributed by atoms with van der Waals surface area (Å²) < 4.78 is 0. The Kier molecular flexibility index (Phi) is 2.88. The van der Waals surface area contributed by atoms with Crippen LogP contribution in [-0.4, -0.2) is 17.8 Å². The number of nitrogens with one attached hydrogen (secondary N) is 1. The number of fused-ring (bicyclic) bond motifs is 1. The van der Waals surface area contributed by atoms with Gasteiger partial charge >= 0.3 is 0 Å². The summed E-state index contributed by atoms with van der Waals surface area (Å²) in [7, 11) is 0. The molecule has 0 aliphatic rings. The molecular formula is C13H15NO. The first-order valence-electron chi connectivity index (χ1n) is 5.17. The minimum atomic E-state index is -0.330. The van der Waals surface area contributed by atoms with E-state index in [2.05, 4.69) is 23.5 Å². The average molecular weight is 201 g/mol. The number of benzene rings is 2. The number of rotatable bonds is 3. The Morgan fingerprint density at radius 3 is 2.67 bits per heavy atom. The lowest BCUT2D eigenvalue weighted by molar-refractivity contribution is 0.208. The van der Waals surface area contributed by atoms with Gasteiger partial charge < -0.3 is 10.4 Å². The van der Waals surface area contributed by atoms with E-state index in [1.807, 2.05) is 24.3 Å². The lowest BCUT2D eigenvalue weighted by Crippen LogP contribution is -2.15. The Morgan fingerprint density at radius 2 is 1.87 bits per heavy atom. The van der Waals surface area contributed by atoms with Gasteiger partial charge in [-0.15, -0.1) is 0 Å². The number of aliphatic hydroxyl groups excluding tert-OH is 1. The van der Waals surface area contributed by atoms with E-state index < -0.39 is 0 Å². The van der Waals surface area contributed by atoms with Crippen molar-refractivity contribution in [2.75, 3.05) is 11.9 Å². The minimum absolute atomic E-state index is 0.330. The average Bonchev–Trinajstić information content (AvgIpc) is 2.26. The normalized spacial score (nSPS) is 12.7. The lowest BCUT2D eigenvalue weighted by Gasteiger charge is -2.10. The molecule has 2 rings (SSSR count). The van der Waals surface area contributed by atoms with Crippen LogP contribution in [0.1, 0.15) is 6.92 Å². The van der Waals surface area contributed by atoms with E-state index in [9.17, 15) is 5.11 Å². The molecule has 0 fully saturated rings. The van der Waals surface area contributed by atoms with Crippen LogP contribution in [0.25, 0.3) is 10.8 Å². The predicted molar refractivity (Wildman–Crippen MR) is 64.1 cm³/mol. The van der Waals surface area contributed by atoms with E-state index >= 15 is 0 Å². The van der Waals surface area contributed by atoms with E-state index in [1.165, 1.54) is 10.8 Å². The van der Waals surface area contributed by atoms with Crippen LogP contribution in [0.3, 0.4) is 0 Å². The smallest absolute Gasteiger partial charge is 0.0684 e. The number of hydrogen-bond acceptors (Lipinski definition) is 2. The Labute approximate surface area is 89.6 Å². The summed E-state index contributed by atoms with van der Waals surface area (Å²) in [5.41, 5.74) is 1.08. The molecule has 0 amide bonds. The Balaban J connectivity index is 2.34. The third-order valence-corrected chi connectivity index (χ3v) is 2.38. The van der Waals surface area contributed by atoms with Crippen LogP contribution < -0.4 is 5.32 Å². The van der Waals surface area contributed by atoms with Crippen LogP contribution in [0.4, 0.5) is 5.69 Å². The maximum absolute atomic E-state index is 9.22. The Hall–Kier alpha value is -1.54. The molecular weight excluding hydrogens is 186 g/mol. The summed E-state index contributed by atoms with van der Waals surface area (Å²) in [5, 5.41) is 14.9. The van der Waals surface area contributed by atoms with Gasteiger partial charge in [-0.1, -0.05) is 36.4 Å². The zero-order valence-corrected chi connectivity index (χ0v) is 8.77. The predicted octanol–water partition coefficient (Wildman–Crippen LogP) is 2.63. The van der Waals surface area contributed by atoms with Crippen LogP contribution in [0.15, 0.2) is 42.5 Å². The molecule has 0 saturated heterocycles. The second-order valence-electron chi connectivity index (χ2n) is 3.76. The summed E-state index contributed by atoms with van der Waals surface area (Å²) in [6.45, 7) is 2.35. The molecule has 15 heavy (non-hydrogen) atoms. The van der Waals surface area contributed by atoms with Crippen molar-refractivity contribution in [1.82, 2.24) is 0 Å². The van der Waals surface area contributed by atoms with Gasteiger partial charge in [0.05, 0.1) is 6.10 Å². The van der Waals surface area contributed by atoms with Crippen LogP contribution in [0, 0.1) is 0 Å². The first kappa shape index (κ1) is 9.99. The Bertz CT molecular complexity index is 446. The van der Waals surface area contributed by atoms with Crippen molar-refractivity contribution in [3.05, 3.63) is 42.5 Å². The van der Waals surface area contributed by atoms with Crippen molar-refractivity contribution >= 4 is 16.5 Å². The molecule has 2 aromatic rings. The highest BCUT2D eigenvalue weighted by Crippen LogP contribution is 2.22. The van der Waals surface area contributed by atoms with Crippen LogP contribution in [0.5, 0.6) is 0 Å². The monoisotopic (exact) mass is 201 g/mol. The highest BCUT2D eigenvalue weighted by atomic mass is 16.3. The lowest BCUT2D eigenvalue weighted by atomic mass is 10.1. The summed E-state index contributed by atoms with van der Waals surface area (Å²) in [6, 6.07) is 14.4. The van der Waals surface area contributed by atoms with Crippen LogP contribution >= 0.6 is 0 Å². The molecule has 1 atom stereocenters. The highest BCUT2D eigenvalue weighted by Gasteiger charge is 2.00. The molecule has 2 heteroatoms. The SMILES string of the molecule is C[C@H](O)CNc1cccc2ccccc12. The van der Waals surface area contributed by atoms with E-state index in [0.717, 1.165) is 5.69 Å². The molecule has 2 N–H and O–H groups in total. The number of aliphatic hydroxyl groups is 1. The number of anilines is 1. The van der Waals surface area contributed by atoms with Gasteiger partial charge in [0.1, 0.15) is 0 Å². The van der Waals surface area contributed by atoms with Gasteiger partial charge in [0, 0.05) is 17.6 Å². The first-order chi connectivity index (χ1) is 7.27. The summed E-state index contributed by atoms with van der Waals surface area (Å²) >= 11 is 0. The Morgan fingerprint density at radius 1 is 1.13 bits per heavy atom. The molecule has 0 saturated carbocycles. The highest BCUT2D eigenvalue weighted by molar-refractivity contribution is 5.93. The van der Waals surface area contributed by atoms with Gasteiger partial charge in [0.25, 0.3) is 0 Å². The van der Waals surface area contributed by atoms with E-state index in [4.69, 9.17) is 0 Å². The van der Waals surface area contributed by atoms with Crippen LogP contribution in [-0.2, 0) is 0 Å². The van der Waals surface area contributed by atoms with Crippen molar-refractivity contribution < 1.29 is 5.11 Å². The van der Waals surface area contributed by atoms with Gasteiger partial charge in [-0.05, 0) is 18.4 Å².